The molecule has 1 aromatic carbocycles. The molecule has 1 saturated carbocycles. The molecule has 1 aromatic rings. The molecule has 4 nitrogen and oxygen atoms in total. The first kappa shape index (κ1) is 18.9. The largest absolute Gasteiger partial charge is 0.459 e. The number of Topliss-reactive ketones (excluding diaryl/α,β-unsaturated/α-hetero) is 1. The number of ketones is 1. The van der Waals surface area contributed by atoms with E-state index in [0.717, 1.165) is 44.2 Å². The molecule has 1 aliphatic heterocycles. The average molecular weight is 383 g/mol. The molecule has 0 radical (unpaired) electrons. The van der Waals surface area contributed by atoms with Gasteiger partial charge < -0.3 is 10.1 Å². The normalized spacial score (nSPS) is 23.4. The van der Waals surface area contributed by atoms with Crippen molar-refractivity contribution >= 4 is 11.8 Å². The molecule has 1 fully saturated rings. The molecule has 1 heterocycles. The van der Waals surface area contributed by atoms with Gasteiger partial charge in [-0.05, 0) is 63.1 Å². The lowest BCUT2D eigenvalue weighted by Gasteiger charge is -2.35. The van der Waals surface area contributed by atoms with E-state index in [0.29, 0.717) is 28.8 Å². The maximum absolute atomic E-state index is 14.0. The molecule has 1 atom stereocenters. The van der Waals surface area contributed by atoms with Crippen LogP contribution in [0.4, 0.5) is 4.39 Å². The molecule has 148 valence electrons. The molecule has 5 heteroatoms. The third kappa shape index (κ3) is 3.62. The van der Waals surface area contributed by atoms with Crippen LogP contribution in [0, 0.1) is 5.82 Å². The molecule has 0 aromatic heterocycles. The Labute approximate surface area is 164 Å². The zero-order valence-electron chi connectivity index (χ0n) is 16.2. The highest BCUT2D eigenvalue weighted by atomic mass is 19.1. The summed E-state index contributed by atoms with van der Waals surface area (Å²) in [5.74, 6) is -1.32. The van der Waals surface area contributed by atoms with E-state index in [2.05, 4.69) is 5.32 Å². The smallest absolute Gasteiger partial charge is 0.337 e. The summed E-state index contributed by atoms with van der Waals surface area (Å²) in [7, 11) is 0. The maximum Gasteiger partial charge on any atom is 0.337 e. The van der Waals surface area contributed by atoms with E-state index >= 15 is 0 Å². The van der Waals surface area contributed by atoms with Crippen molar-refractivity contribution in [2.75, 3.05) is 0 Å². The molecule has 0 bridgehead atoms. The Balaban J connectivity index is 1.74. The molecule has 4 rings (SSSR count). The van der Waals surface area contributed by atoms with Gasteiger partial charge in [0.25, 0.3) is 0 Å². The highest BCUT2D eigenvalue weighted by molar-refractivity contribution is 6.03. The van der Waals surface area contributed by atoms with E-state index in [9.17, 15) is 14.0 Å². The minimum Gasteiger partial charge on any atom is -0.459 e. The fraction of sp³-hybridized carbons (Fsp3) is 0.478. The lowest BCUT2D eigenvalue weighted by Crippen LogP contribution is -2.35. The number of rotatable bonds is 3. The number of carbonyl (C=O) groups excluding carboxylic acids is 2. The van der Waals surface area contributed by atoms with E-state index in [1.54, 1.807) is 12.1 Å². The summed E-state index contributed by atoms with van der Waals surface area (Å²) in [6.45, 7) is 1.84. The number of dihydropyridines is 1. The van der Waals surface area contributed by atoms with Gasteiger partial charge >= 0.3 is 5.97 Å². The minimum atomic E-state index is -0.573. The van der Waals surface area contributed by atoms with Gasteiger partial charge in [0.15, 0.2) is 5.78 Å². The molecule has 28 heavy (non-hydrogen) atoms. The number of ether oxygens (including phenoxy) is 1. The average Bonchev–Trinajstić information content (AvgIpc) is 2.68. The summed E-state index contributed by atoms with van der Waals surface area (Å²) in [4.78, 5) is 26.0. The van der Waals surface area contributed by atoms with E-state index in [4.69, 9.17) is 4.74 Å². The van der Waals surface area contributed by atoms with Gasteiger partial charge in [0.1, 0.15) is 11.9 Å². The molecular weight excluding hydrogens is 357 g/mol. The molecule has 0 saturated heterocycles. The van der Waals surface area contributed by atoms with Crippen molar-refractivity contribution in [3.05, 3.63) is 58.2 Å². The quantitative estimate of drug-likeness (QED) is 0.771. The van der Waals surface area contributed by atoms with Crippen molar-refractivity contribution in [1.29, 1.82) is 0 Å². The van der Waals surface area contributed by atoms with E-state index in [1.165, 1.54) is 18.6 Å². The van der Waals surface area contributed by atoms with E-state index in [1.807, 2.05) is 6.92 Å². The fourth-order valence-electron chi connectivity index (χ4n) is 4.67. The van der Waals surface area contributed by atoms with Crippen LogP contribution in [-0.2, 0) is 14.3 Å². The van der Waals surface area contributed by atoms with Crippen molar-refractivity contribution in [3.63, 3.8) is 0 Å². The maximum atomic E-state index is 14.0. The molecular formula is C23H26FNO3. The van der Waals surface area contributed by atoms with Crippen LogP contribution in [0.1, 0.15) is 69.8 Å². The van der Waals surface area contributed by atoms with Crippen LogP contribution < -0.4 is 5.32 Å². The molecule has 2 aliphatic carbocycles. The van der Waals surface area contributed by atoms with Crippen LogP contribution in [0.2, 0.25) is 0 Å². The molecule has 0 amide bonds. The van der Waals surface area contributed by atoms with Crippen molar-refractivity contribution in [2.24, 2.45) is 0 Å². The first-order valence-corrected chi connectivity index (χ1v) is 10.2. The Morgan fingerprint density at radius 3 is 2.68 bits per heavy atom. The number of hydrogen-bond donors (Lipinski definition) is 1. The van der Waals surface area contributed by atoms with Gasteiger partial charge in [-0.1, -0.05) is 18.6 Å². The first-order chi connectivity index (χ1) is 13.5. The second-order valence-electron chi connectivity index (χ2n) is 7.99. The molecule has 0 spiro atoms. The number of allylic oxidation sites excluding steroid dienone is 3. The zero-order valence-corrected chi connectivity index (χ0v) is 16.2. The lowest BCUT2D eigenvalue weighted by atomic mass is 9.75. The number of carbonyl (C=O) groups is 2. The van der Waals surface area contributed by atoms with Crippen LogP contribution in [0.3, 0.4) is 0 Å². The Morgan fingerprint density at radius 2 is 1.93 bits per heavy atom. The number of esters is 1. The standard InChI is InChI=1S/C23H26FNO3/c1-14-20(23(27)28-17-9-3-2-4-10-17)21(15-7-5-8-16(24)13-15)22-18(25-14)11-6-12-19(22)26/h5,7-8,13,17,21,25H,2-4,6,9-12H2,1H3/t21-/m0/s1. The van der Waals surface area contributed by atoms with Crippen molar-refractivity contribution in [3.8, 4) is 0 Å². The molecule has 1 N–H and O–H groups in total. The van der Waals surface area contributed by atoms with Gasteiger partial charge in [-0.3, -0.25) is 4.79 Å². The monoisotopic (exact) mass is 383 g/mol. The fourth-order valence-corrected chi connectivity index (χ4v) is 4.67. The topological polar surface area (TPSA) is 55.4 Å². The van der Waals surface area contributed by atoms with Crippen LogP contribution in [0.25, 0.3) is 0 Å². The number of halogens is 1. The van der Waals surface area contributed by atoms with Crippen molar-refractivity contribution in [1.82, 2.24) is 5.32 Å². The third-order valence-electron chi connectivity index (χ3n) is 6.00. The Kier molecular flexibility index (Phi) is 5.33. The first-order valence-electron chi connectivity index (χ1n) is 10.2. The molecule has 0 unspecified atom stereocenters. The van der Waals surface area contributed by atoms with Crippen molar-refractivity contribution in [2.45, 2.75) is 70.3 Å². The van der Waals surface area contributed by atoms with Gasteiger partial charge in [-0.15, -0.1) is 0 Å². The van der Waals surface area contributed by atoms with Crippen LogP contribution in [-0.4, -0.2) is 17.9 Å². The van der Waals surface area contributed by atoms with Gasteiger partial charge in [0.2, 0.25) is 0 Å². The molecule has 3 aliphatic rings. The zero-order chi connectivity index (χ0) is 19.7. The van der Waals surface area contributed by atoms with Gasteiger partial charge in [0.05, 0.1) is 5.57 Å². The predicted molar refractivity (Wildman–Crippen MR) is 104 cm³/mol. The van der Waals surface area contributed by atoms with Gasteiger partial charge in [0, 0.05) is 29.3 Å². The third-order valence-corrected chi connectivity index (χ3v) is 6.00. The Morgan fingerprint density at radius 1 is 1.14 bits per heavy atom. The second kappa shape index (κ2) is 7.90. The second-order valence-corrected chi connectivity index (χ2v) is 7.99. The minimum absolute atomic E-state index is 0.0264. The Bertz CT molecular complexity index is 864. The van der Waals surface area contributed by atoms with Crippen LogP contribution in [0.15, 0.2) is 46.8 Å². The van der Waals surface area contributed by atoms with Gasteiger partial charge in [-0.2, -0.15) is 0 Å². The number of nitrogens with one attached hydrogen (secondary N) is 1. The number of hydrogen-bond acceptors (Lipinski definition) is 4. The summed E-state index contributed by atoms with van der Waals surface area (Å²) in [5.41, 5.74) is 3.21. The summed E-state index contributed by atoms with van der Waals surface area (Å²) < 4.78 is 19.8. The predicted octanol–water partition coefficient (Wildman–Crippen LogP) is 4.67. The Hall–Kier alpha value is -2.43. The van der Waals surface area contributed by atoms with Crippen LogP contribution in [0.5, 0.6) is 0 Å². The summed E-state index contributed by atoms with van der Waals surface area (Å²) in [5, 5.41) is 3.28. The van der Waals surface area contributed by atoms with Crippen LogP contribution >= 0.6 is 0 Å². The summed E-state index contributed by atoms with van der Waals surface area (Å²) in [6, 6.07) is 6.20. The van der Waals surface area contributed by atoms with Gasteiger partial charge in [-0.25, -0.2) is 9.18 Å². The van der Waals surface area contributed by atoms with E-state index < -0.39 is 11.9 Å². The number of benzene rings is 1. The lowest BCUT2D eigenvalue weighted by molar-refractivity contribution is -0.146. The van der Waals surface area contributed by atoms with Crippen molar-refractivity contribution < 1.29 is 18.7 Å². The van der Waals surface area contributed by atoms with E-state index in [-0.39, 0.29) is 17.7 Å². The highest BCUT2D eigenvalue weighted by Gasteiger charge is 2.39. The summed E-state index contributed by atoms with van der Waals surface area (Å²) in [6.07, 6.45) is 6.98. The SMILES string of the molecule is CC1=C(C(=O)OC2CCCCC2)[C@H](c2cccc(F)c2)C2=C(CCCC2=O)N1. The summed E-state index contributed by atoms with van der Waals surface area (Å²) >= 11 is 0. The highest BCUT2D eigenvalue weighted by Crippen LogP contribution is 2.43.